The standard InChI is InChI=1S/C50H37BN2O/c1-28(2)31-19-12-20-32(29(3)4)48(31)51-40-24-23-30-13-11-21-42-47(30)50(40)53(43-25-38-36-17-9-10-22-44(36)54-45(38)27-41(43)51)46-26-39-35-16-6-5-14-33(35)34-15-7-8-18-37(34)49(39)52(42)46/h5-29H,1-4H3. The highest BCUT2D eigenvalue weighted by Crippen LogP contribution is 2.42. The van der Waals surface area contributed by atoms with Gasteiger partial charge in [0.25, 0.3) is 0 Å². The highest BCUT2D eigenvalue weighted by atomic mass is 16.3. The summed E-state index contributed by atoms with van der Waals surface area (Å²) in [5.74, 6) is 0.734. The van der Waals surface area contributed by atoms with E-state index in [-0.39, 0.29) is 6.71 Å². The van der Waals surface area contributed by atoms with Crippen LogP contribution in [0.1, 0.15) is 50.7 Å². The molecule has 0 atom stereocenters. The van der Waals surface area contributed by atoms with Gasteiger partial charge in [0, 0.05) is 32.6 Å². The quantitative estimate of drug-likeness (QED) is 0.133. The second-order valence-electron chi connectivity index (χ2n) is 16.0. The molecular formula is C50H37BN2O. The predicted molar refractivity (Wildman–Crippen MR) is 231 cm³/mol. The molecule has 0 saturated carbocycles. The summed E-state index contributed by atoms with van der Waals surface area (Å²) < 4.78 is 11.9. The van der Waals surface area contributed by atoms with Gasteiger partial charge in [-0.2, -0.15) is 0 Å². The van der Waals surface area contributed by atoms with E-state index >= 15 is 0 Å². The summed E-state index contributed by atoms with van der Waals surface area (Å²) in [5.41, 5.74) is 15.0. The molecule has 54 heavy (non-hydrogen) atoms. The van der Waals surface area contributed by atoms with Crippen molar-refractivity contribution in [1.29, 1.82) is 0 Å². The van der Waals surface area contributed by atoms with Gasteiger partial charge in [0.15, 0.2) is 0 Å². The van der Waals surface area contributed by atoms with Gasteiger partial charge in [0.1, 0.15) is 16.8 Å². The summed E-state index contributed by atoms with van der Waals surface area (Å²) >= 11 is 0. The summed E-state index contributed by atoms with van der Waals surface area (Å²) in [6.07, 6.45) is 0. The largest absolute Gasteiger partial charge is 0.456 e. The molecule has 3 nitrogen and oxygen atoms in total. The monoisotopic (exact) mass is 692 g/mol. The van der Waals surface area contributed by atoms with E-state index in [0.29, 0.717) is 11.8 Å². The van der Waals surface area contributed by atoms with Crippen LogP contribution in [0.3, 0.4) is 0 Å². The van der Waals surface area contributed by atoms with Gasteiger partial charge in [-0.05, 0) is 85.8 Å². The number of aromatic nitrogens is 2. The molecule has 3 aromatic heterocycles. The average Bonchev–Trinajstić information content (AvgIpc) is 3.78. The van der Waals surface area contributed by atoms with Crippen LogP contribution in [-0.4, -0.2) is 15.7 Å². The molecule has 0 radical (unpaired) electrons. The number of furan rings is 1. The van der Waals surface area contributed by atoms with Crippen molar-refractivity contribution in [3.8, 4) is 5.69 Å². The molecule has 0 N–H and O–H groups in total. The fourth-order valence-electron chi connectivity index (χ4n) is 10.3. The Bertz CT molecular complexity index is 3380. The van der Waals surface area contributed by atoms with E-state index in [1.807, 2.05) is 0 Å². The molecule has 0 saturated heterocycles. The third-order valence-corrected chi connectivity index (χ3v) is 12.5. The highest BCUT2D eigenvalue weighted by Gasteiger charge is 2.38. The van der Waals surface area contributed by atoms with E-state index in [1.165, 1.54) is 93.1 Å². The van der Waals surface area contributed by atoms with Crippen LogP contribution in [0.5, 0.6) is 0 Å². The number of hydrogen-bond donors (Lipinski definition) is 0. The van der Waals surface area contributed by atoms with E-state index in [1.54, 1.807) is 0 Å². The molecule has 0 unspecified atom stereocenters. The Morgan fingerprint density at radius 3 is 1.89 bits per heavy atom. The maximum absolute atomic E-state index is 6.69. The fraction of sp³-hybridized carbons (Fsp3) is 0.120. The molecule has 0 aliphatic carbocycles. The molecule has 4 heterocycles. The normalized spacial score (nSPS) is 13.1. The first kappa shape index (κ1) is 30.2. The molecule has 0 fully saturated rings. The van der Waals surface area contributed by atoms with Crippen molar-refractivity contribution in [2.24, 2.45) is 0 Å². The van der Waals surface area contributed by atoms with E-state index < -0.39 is 0 Å². The number of nitrogens with zero attached hydrogens (tertiary/aromatic N) is 2. The molecule has 0 spiro atoms. The Balaban J connectivity index is 1.37. The van der Waals surface area contributed by atoms with Crippen molar-refractivity contribution in [1.82, 2.24) is 8.97 Å². The van der Waals surface area contributed by atoms with Gasteiger partial charge in [0.2, 0.25) is 6.71 Å². The highest BCUT2D eigenvalue weighted by molar-refractivity contribution is 6.98. The lowest BCUT2D eigenvalue weighted by atomic mass is 9.33. The van der Waals surface area contributed by atoms with Crippen molar-refractivity contribution in [3.63, 3.8) is 0 Å². The molecule has 1 aliphatic heterocycles. The Kier molecular flexibility index (Phi) is 5.97. The van der Waals surface area contributed by atoms with Crippen LogP contribution in [0.2, 0.25) is 0 Å². The van der Waals surface area contributed by atoms with Crippen LogP contribution in [-0.2, 0) is 0 Å². The minimum atomic E-state index is 0.0231. The van der Waals surface area contributed by atoms with Crippen LogP contribution in [0.4, 0.5) is 0 Å². The lowest BCUT2D eigenvalue weighted by Crippen LogP contribution is -2.58. The van der Waals surface area contributed by atoms with E-state index in [9.17, 15) is 0 Å². The van der Waals surface area contributed by atoms with Crippen LogP contribution in [0.25, 0.3) is 87.5 Å². The maximum Gasteiger partial charge on any atom is 0.247 e. The van der Waals surface area contributed by atoms with E-state index in [2.05, 4.69) is 176 Å². The van der Waals surface area contributed by atoms with Gasteiger partial charge >= 0.3 is 0 Å². The molecule has 4 heteroatoms. The van der Waals surface area contributed by atoms with Crippen LogP contribution in [0.15, 0.2) is 144 Å². The van der Waals surface area contributed by atoms with Crippen molar-refractivity contribution in [2.75, 3.05) is 0 Å². The number of hydrogen-bond acceptors (Lipinski definition) is 1. The van der Waals surface area contributed by atoms with Gasteiger partial charge in [-0.15, -0.1) is 0 Å². The van der Waals surface area contributed by atoms with Gasteiger partial charge in [0.05, 0.1) is 16.6 Å². The Labute approximate surface area is 313 Å². The second kappa shape index (κ2) is 10.7. The zero-order chi connectivity index (χ0) is 36.0. The van der Waals surface area contributed by atoms with E-state index in [0.717, 1.165) is 21.9 Å². The minimum absolute atomic E-state index is 0.0231. The molecule has 0 bridgehead atoms. The summed E-state index contributed by atoms with van der Waals surface area (Å²) in [6, 6.07) is 52.3. The zero-order valence-electron chi connectivity index (χ0n) is 30.8. The number of benzene rings is 8. The predicted octanol–water partition coefficient (Wildman–Crippen LogP) is 11.5. The molecule has 11 aromatic rings. The summed E-state index contributed by atoms with van der Waals surface area (Å²) in [6.45, 7) is 9.40. The molecule has 0 amide bonds. The summed E-state index contributed by atoms with van der Waals surface area (Å²) in [5, 5.41) is 11.3. The Hall–Kier alpha value is -6.26. The second-order valence-corrected chi connectivity index (χ2v) is 16.0. The number of para-hydroxylation sites is 1. The fourth-order valence-corrected chi connectivity index (χ4v) is 10.3. The van der Waals surface area contributed by atoms with Gasteiger partial charge in [-0.3, -0.25) is 8.97 Å². The first-order valence-corrected chi connectivity index (χ1v) is 19.4. The first-order valence-electron chi connectivity index (χ1n) is 19.4. The van der Waals surface area contributed by atoms with Crippen LogP contribution >= 0.6 is 0 Å². The van der Waals surface area contributed by atoms with Crippen molar-refractivity contribution >= 4 is 105 Å². The molecule has 12 rings (SSSR count). The number of rotatable bonds is 3. The molecule has 8 aromatic carbocycles. The summed E-state index contributed by atoms with van der Waals surface area (Å²) in [4.78, 5) is 0. The SMILES string of the molecule is CC(C)c1cccc(C(C)C)c1B1c2cc3oc4ccccc4c3cc2-n2c3c1ccc1cccc(c13)n1c3c4ccccc4c4ccccc4c3cc21. The third kappa shape index (κ3) is 3.78. The minimum Gasteiger partial charge on any atom is -0.456 e. The molecule has 256 valence electrons. The van der Waals surface area contributed by atoms with E-state index in [4.69, 9.17) is 4.42 Å². The lowest BCUT2D eigenvalue weighted by Gasteiger charge is -2.33. The Morgan fingerprint density at radius 2 is 1.15 bits per heavy atom. The zero-order valence-corrected chi connectivity index (χ0v) is 30.8. The van der Waals surface area contributed by atoms with Crippen molar-refractivity contribution in [3.05, 3.63) is 151 Å². The average molecular weight is 693 g/mol. The van der Waals surface area contributed by atoms with Crippen molar-refractivity contribution in [2.45, 2.75) is 39.5 Å². The van der Waals surface area contributed by atoms with Gasteiger partial charge in [-0.1, -0.05) is 142 Å². The summed E-state index contributed by atoms with van der Waals surface area (Å²) in [7, 11) is 0. The Morgan fingerprint density at radius 1 is 0.500 bits per heavy atom. The van der Waals surface area contributed by atoms with Crippen molar-refractivity contribution < 1.29 is 4.42 Å². The van der Waals surface area contributed by atoms with Crippen LogP contribution < -0.4 is 16.4 Å². The topological polar surface area (TPSA) is 22.5 Å². The lowest BCUT2D eigenvalue weighted by molar-refractivity contribution is 0.669. The number of fused-ring (bicyclic) bond motifs is 15. The molecule has 1 aliphatic rings. The van der Waals surface area contributed by atoms with Gasteiger partial charge in [-0.25, -0.2) is 0 Å². The third-order valence-electron chi connectivity index (χ3n) is 12.5. The maximum atomic E-state index is 6.69. The molecular weight excluding hydrogens is 655 g/mol. The smallest absolute Gasteiger partial charge is 0.247 e. The first-order chi connectivity index (χ1) is 26.5. The van der Waals surface area contributed by atoms with Crippen LogP contribution in [0, 0.1) is 0 Å². The van der Waals surface area contributed by atoms with Gasteiger partial charge < -0.3 is 4.42 Å².